The Bertz CT molecular complexity index is 466. The summed E-state index contributed by atoms with van der Waals surface area (Å²) >= 11 is 0. The third-order valence-electron chi connectivity index (χ3n) is 4.71. The van der Waals surface area contributed by atoms with Crippen molar-refractivity contribution < 1.29 is 9.84 Å². The predicted molar refractivity (Wildman–Crippen MR) is 80.1 cm³/mol. The van der Waals surface area contributed by atoms with Crippen LogP contribution in [0.3, 0.4) is 0 Å². The van der Waals surface area contributed by atoms with E-state index in [1.165, 1.54) is 11.1 Å². The van der Waals surface area contributed by atoms with Crippen LogP contribution in [0.15, 0.2) is 18.2 Å². The van der Waals surface area contributed by atoms with Crippen molar-refractivity contribution >= 4 is 0 Å². The Morgan fingerprint density at radius 2 is 2.10 bits per heavy atom. The molecular formula is C17H25NO2. The van der Waals surface area contributed by atoms with Crippen LogP contribution in [0.5, 0.6) is 5.75 Å². The second kappa shape index (κ2) is 5.74. The molecule has 0 spiro atoms. The van der Waals surface area contributed by atoms with Crippen LogP contribution in [-0.4, -0.2) is 23.9 Å². The van der Waals surface area contributed by atoms with Gasteiger partial charge in [0.2, 0.25) is 0 Å². The van der Waals surface area contributed by atoms with E-state index in [-0.39, 0.29) is 0 Å². The fourth-order valence-corrected chi connectivity index (χ4v) is 3.50. The molecule has 110 valence electrons. The van der Waals surface area contributed by atoms with E-state index in [4.69, 9.17) is 4.74 Å². The van der Waals surface area contributed by atoms with Gasteiger partial charge in [-0.2, -0.15) is 0 Å². The van der Waals surface area contributed by atoms with E-state index in [0.29, 0.717) is 12.6 Å². The molecule has 1 aliphatic heterocycles. The summed E-state index contributed by atoms with van der Waals surface area (Å²) in [5.74, 6) is 1.04. The number of fused-ring (bicyclic) bond motifs is 1. The van der Waals surface area contributed by atoms with Gasteiger partial charge in [0.1, 0.15) is 5.75 Å². The number of rotatable bonds is 3. The zero-order valence-corrected chi connectivity index (χ0v) is 12.3. The zero-order valence-electron chi connectivity index (χ0n) is 12.3. The van der Waals surface area contributed by atoms with E-state index in [9.17, 15) is 5.11 Å². The quantitative estimate of drug-likeness (QED) is 0.890. The molecule has 1 aromatic carbocycles. The second-order valence-electron chi connectivity index (χ2n) is 6.35. The molecule has 3 rings (SSSR count). The fourth-order valence-electron chi connectivity index (χ4n) is 3.50. The number of benzene rings is 1. The number of aryl methyl sites for hydroxylation is 1. The molecule has 2 N–H and O–H groups in total. The first-order valence-corrected chi connectivity index (χ1v) is 7.86. The van der Waals surface area contributed by atoms with Gasteiger partial charge >= 0.3 is 0 Å². The lowest BCUT2D eigenvalue weighted by Gasteiger charge is -2.27. The van der Waals surface area contributed by atoms with Crippen molar-refractivity contribution in [2.75, 3.05) is 13.2 Å². The Morgan fingerprint density at radius 3 is 2.90 bits per heavy atom. The highest BCUT2D eigenvalue weighted by atomic mass is 16.5. The Balaban J connectivity index is 1.75. The van der Waals surface area contributed by atoms with Gasteiger partial charge in [0.05, 0.1) is 12.2 Å². The van der Waals surface area contributed by atoms with Crippen molar-refractivity contribution in [3.8, 4) is 5.75 Å². The Labute approximate surface area is 121 Å². The predicted octanol–water partition coefficient (Wildman–Crippen LogP) is 3.10. The van der Waals surface area contributed by atoms with Gasteiger partial charge in [0.15, 0.2) is 0 Å². The van der Waals surface area contributed by atoms with Crippen LogP contribution in [0.25, 0.3) is 0 Å². The first-order chi connectivity index (χ1) is 9.68. The lowest BCUT2D eigenvalue weighted by Crippen LogP contribution is -2.39. The van der Waals surface area contributed by atoms with Gasteiger partial charge in [-0.3, -0.25) is 0 Å². The van der Waals surface area contributed by atoms with Gasteiger partial charge in [0.25, 0.3) is 0 Å². The molecule has 0 bridgehead atoms. The highest BCUT2D eigenvalue weighted by molar-refractivity contribution is 5.43. The van der Waals surface area contributed by atoms with Crippen LogP contribution in [0.2, 0.25) is 0 Å². The number of ether oxygens (including phenoxy) is 1. The molecular weight excluding hydrogens is 250 g/mol. The molecule has 0 amide bonds. The van der Waals surface area contributed by atoms with Gasteiger partial charge in [-0.1, -0.05) is 31.0 Å². The molecule has 2 aliphatic rings. The van der Waals surface area contributed by atoms with E-state index in [0.717, 1.165) is 50.9 Å². The van der Waals surface area contributed by atoms with Crippen molar-refractivity contribution in [3.63, 3.8) is 0 Å². The standard InChI is InChI=1S/C17H25NO2/c1-13-6-4-7-14-15(8-5-11-20-16(13)14)18-12-17(19)9-2-3-10-17/h4,6-7,15,18-19H,2-3,5,8-12H2,1H3. The normalized spacial score (nSPS) is 24.8. The van der Waals surface area contributed by atoms with E-state index in [2.05, 4.69) is 30.4 Å². The number of hydrogen-bond donors (Lipinski definition) is 2. The summed E-state index contributed by atoms with van der Waals surface area (Å²) in [7, 11) is 0. The van der Waals surface area contributed by atoms with E-state index < -0.39 is 5.60 Å². The summed E-state index contributed by atoms with van der Waals surface area (Å²) in [6.07, 6.45) is 6.31. The van der Waals surface area contributed by atoms with Crippen LogP contribution < -0.4 is 10.1 Å². The highest BCUT2D eigenvalue weighted by Crippen LogP contribution is 2.35. The molecule has 0 radical (unpaired) electrons. The summed E-state index contributed by atoms with van der Waals surface area (Å²) in [6, 6.07) is 6.66. The smallest absolute Gasteiger partial charge is 0.126 e. The number of nitrogens with one attached hydrogen (secondary N) is 1. The monoisotopic (exact) mass is 275 g/mol. The van der Waals surface area contributed by atoms with Crippen LogP contribution in [0, 0.1) is 6.92 Å². The molecule has 1 saturated carbocycles. The van der Waals surface area contributed by atoms with Crippen molar-refractivity contribution in [1.29, 1.82) is 0 Å². The molecule has 1 heterocycles. The van der Waals surface area contributed by atoms with Crippen molar-refractivity contribution in [1.82, 2.24) is 5.32 Å². The van der Waals surface area contributed by atoms with Crippen LogP contribution in [0.4, 0.5) is 0 Å². The number of hydrogen-bond acceptors (Lipinski definition) is 3. The van der Waals surface area contributed by atoms with Gasteiger partial charge in [-0.05, 0) is 38.2 Å². The van der Waals surface area contributed by atoms with Crippen LogP contribution in [-0.2, 0) is 0 Å². The van der Waals surface area contributed by atoms with E-state index in [1.54, 1.807) is 0 Å². The summed E-state index contributed by atoms with van der Waals surface area (Å²) in [6.45, 7) is 3.59. The fraction of sp³-hybridized carbons (Fsp3) is 0.647. The highest BCUT2D eigenvalue weighted by Gasteiger charge is 2.32. The van der Waals surface area contributed by atoms with Crippen LogP contribution in [0.1, 0.15) is 55.7 Å². The van der Waals surface area contributed by atoms with Gasteiger partial charge in [-0.15, -0.1) is 0 Å². The molecule has 3 nitrogen and oxygen atoms in total. The summed E-state index contributed by atoms with van der Waals surface area (Å²) in [5.41, 5.74) is 1.97. The molecule has 1 aliphatic carbocycles. The lowest BCUT2D eigenvalue weighted by atomic mass is 9.97. The molecule has 20 heavy (non-hydrogen) atoms. The molecule has 1 aromatic rings. The summed E-state index contributed by atoms with van der Waals surface area (Å²) in [4.78, 5) is 0. The Kier molecular flexibility index (Phi) is 3.99. The largest absolute Gasteiger partial charge is 0.493 e. The maximum absolute atomic E-state index is 10.5. The second-order valence-corrected chi connectivity index (χ2v) is 6.35. The zero-order chi connectivity index (χ0) is 14.0. The summed E-state index contributed by atoms with van der Waals surface area (Å²) in [5, 5.41) is 14.1. The van der Waals surface area contributed by atoms with E-state index in [1.807, 2.05) is 0 Å². The average molecular weight is 275 g/mol. The molecule has 1 fully saturated rings. The minimum Gasteiger partial charge on any atom is -0.493 e. The molecule has 1 atom stereocenters. The van der Waals surface area contributed by atoms with Gasteiger partial charge < -0.3 is 15.2 Å². The van der Waals surface area contributed by atoms with E-state index >= 15 is 0 Å². The molecule has 0 aromatic heterocycles. The van der Waals surface area contributed by atoms with Crippen molar-refractivity contribution in [2.45, 2.75) is 57.1 Å². The Morgan fingerprint density at radius 1 is 1.30 bits per heavy atom. The maximum Gasteiger partial charge on any atom is 0.126 e. The van der Waals surface area contributed by atoms with Crippen molar-refractivity contribution in [2.24, 2.45) is 0 Å². The van der Waals surface area contributed by atoms with Gasteiger partial charge in [0, 0.05) is 18.2 Å². The first kappa shape index (κ1) is 13.9. The minimum atomic E-state index is -0.489. The number of aliphatic hydroxyl groups is 1. The lowest BCUT2D eigenvalue weighted by molar-refractivity contribution is 0.0445. The topological polar surface area (TPSA) is 41.5 Å². The molecule has 0 saturated heterocycles. The summed E-state index contributed by atoms with van der Waals surface area (Å²) < 4.78 is 5.90. The third-order valence-corrected chi connectivity index (χ3v) is 4.71. The van der Waals surface area contributed by atoms with Crippen molar-refractivity contribution in [3.05, 3.63) is 29.3 Å². The molecule has 1 unspecified atom stereocenters. The SMILES string of the molecule is Cc1cccc2c1OCCCC2NCC1(O)CCCC1. The first-order valence-electron chi connectivity index (χ1n) is 7.86. The minimum absolute atomic E-state index is 0.303. The maximum atomic E-state index is 10.5. The third kappa shape index (κ3) is 2.84. The number of para-hydroxylation sites is 1. The molecule has 3 heteroatoms. The Hall–Kier alpha value is -1.06. The average Bonchev–Trinajstić information content (AvgIpc) is 2.75. The van der Waals surface area contributed by atoms with Crippen LogP contribution >= 0.6 is 0 Å². The van der Waals surface area contributed by atoms with Gasteiger partial charge in [-0.25, -0.2) is 0 Å².